The maximum atomic E-state index is 12.0. The number of amides is 1. The van der Waals surface area contributed by atoms with Crippen LogP contribution in [0.3, 0.4) is 0 Å². The number of carbonyl (C=O) groups excluding carboxylic acids is 1. The van der Waals surface area contributed by atoms with Gasteiger partial charge in [0.2, 0.25) is 0 Å². The number of anilines is 2. The molecule has 1 heterocycles. The van der Waals surface area contributed by atoms with E-state index < -0.39 is 0 Å². The van der Waals surface area contributed by atoms with Gasteiger partial charge in [0.25, 0.3) is 0 Å². The zero-order chi connectivity index (χ0) is 16.3. The molecule has 5 nitrogen and oxygen atoms in total. The molecule has 1 N–H and O–H groups in total. The van der Waals surface area contributed by atoms with Crippen molar-refractivity contribution in [1.82, 2.24) is 5.32 Å². The van der Waals surface area contributed by atoms with E-state index in [4.69, 9.17) is 4.74 Å². The molecule has 1 aromatic carbocycles. The van der Waals surface area contributed by atoms with E-state index in [9.17, 15) is 4.79 Å². The molecule has 1 aromatic rings. The number of hydrogen-bond donors (Lipinski definition) is 1. The molecule has 1 saturated heterocycles. The average Bonchev–Trinajstić information content (AvgIpc) is 2.85. The Labute approximate surface area is 174 Å². The summed E-state index contributed by atoms with van der Waals surface area (Å²) in [6, 6.07) is 9.05. The van der Waals surface area contributed by atoms with Gasteiger partial charge in [0, 0.05) is 32.7 Å². The summed E-state index contributed by atoms with van der Waals surface area (Å²) in [4.78, 5) is 15.7. The predicted molar refractivity (Wildman–Crippen MR) is 84.8 cm³/mol. The Morgan fingerprint density at radius 1 is 1.65 bits per heavy atom. The number of benzene rings is 1. The van der Waals surface area contributed by atoms with Gasteiger partial charge in [-0.05, 0) is 0 Å². The van der Waals surface area contributed by atoms with E-state index in [0.29, 0.717) is 13.1 Å². The van der Waals surface area contributed by atoms with Crippen molar-refractivity contribution in [2.45, 2.75) is 26.0 Å². The molecule has 2 rings (SSSR count). The van der Waals surface area contributed by atoms with Crippen LogP contribution < -0.4 is 15.1 Å². The van der Waals surface area contributed by atoms with Crippen LogP contribution in [-0.2, 0) is 56.8 Å². The molecule has 1 amide bonds. The Morgan fingerprint density at radius 3 is 2.87 bits per heavy atom. The Hall–Kier alpha value is -0.0878. The summed E-state index contributed by atoms with van der Waals surface area (Å²) in [6.07, 6.45) is -0.419. The summed E-state index contributed by atoms with van der Waals surface area (Å²) in [5.74, 6) is 0. The first-order valence-corrected chi connectivity index (χ1v) is 8.65. The fraction of sp³-hybridized carbons (Fsp3) is 0.438. The van der Waals surface area contributed by atoms with Crippen molar-refractivity contribution < 1.29 is 61.6 Å². The van der Waals surface area contributed by atoms with E-state index in [1.165, 1.54) is 23.4 Å². The van der Waals surface area contributed by atoms with Gasteiger partial charge >= 0.3 is 129 Å². The average molecular weight is 560 g/mol. The second kappa shape index (κ2) is 9.41. The first-order valence-electron chi connectivity index (χ1n) is 7.18. The Morgan fingerprint density at radius 2 is 2.35 bits per heavy atom. The van der Waals surface area contributed by atoms with E-state index in [-0.39, 0.29) is 50.9 Å². The smallest absolute Gasteiger partial charge is 0 e. The molecule has 123 valence electrons. The number of ether oxygens (including phenoxy) is 1. The van der Waals surface area contributed by atoms with Gasteiger partial charge in [0.1, 0.15) is 0 Å². The van der Waals surface area contributed by atoms with Crippen LogP contribution >= 0.6 is 0 Å². The summed E-state index contributed by atoms with van der Waals surface area (Å²) >= 11 is 1.39. The van der Waals surface area contributed by atoms with Gasteiger partial charge in [0.05, 0.1) is 0 Å². The SMILES string of the molecule is [CH2-]C(C)N(C)c1[c-]cc(N2C[C@H](CN[C](C)=[W])OC2=O)cc1.[Y]. The maximum absolute atomic E-state index is 12.0. The number of cyclic esters (lactones) is 1. The topological polar surface area (TPSA) is 44.8 Å². The molecular weight excluding hydrogens is 539 g/mol. The Bertz CT molecular complexity index is 551. The Balaban J connectivity index is 0.00000264. The molecule has 1 aliphatic heterocycles. The molecule has 1 aliphatic rings. The van der Waals surface area contributed by atoms with Crippen LogP contribution in [0, 0.1) is 13.0 Å². The zero-order valence-electron chi connectivity index (χ0n) is 13.7. The third-order valence-corrected chi connectivity index (χ3v) is 4.10. The van der Waals surface area contributed by atoms with Crippen molar-refractivity contribution in [3.8, 4) is 0 Å². The summed E-state index contributed by atoms with van der Waals surface area (Å²) in [5.41, 5.74) is 1.76. The van der Waals surface area contributed by atoms with Crippen molar-refractivity contribution >= 4 is 21.5 Å². The fourth-order valence-corrected chi connectivity index (χ4v) is 2.43. The molecule has 2 atom stereocenters. The van der Waals surface area contributed by atoms with Gasteiger partial charge in [-0.3, -0.25) is 0 Å². The molecule has 0 saturated carbocycles. The van der Waals surface area contributed by atoms with Crippen LogP contribution in [0.2, 0.25) is 0 Å². The van der Waals surface area contributed by atoms with E-state index >= 15 is 0 Å². The maximum Gasteiger partial charge on any atom is 0 e. The normalized spacial score (nSPS) is 18.2. The Kier molecular flexibility index (Phi) is 8.57. The van der Waals surface area contributed by atoms with Crippen molar-refractivity contribution in [1.29, 1.82) is 0 Å². The standard InChI is InChI=1S/C16H21N3O2.W.Y/c1-5-17-10-15-11-19(16(20)21-15)14-8-6-13(7-9-14)18(4)12(2)3;;/h6,8-9,12,15,17H,2,10-11H2,1,3-4H3;;/q-2;;/t12?,15-;;/m0../s1. The molecule has 1 unspecified atom stereocenters. The summed E-state index contributed by atoms with van der Waals surface area (Å²) in [7, 11) is 1.97. The van der Waals surface area contributed by atoms with Crippen LogP contribution in [0.15, 0.2) is 18.2 Å². The molecule has 0 aliphatic carbocycles. The largest absolute Gasteiger partial charge is 0 e. The third kappa shape index (κ3) is 5.74. The van der Waals surface area contributed by atoms with Crippen LogP contribution in [0.1, 0.15) is 13.8 Å². The van der Waals surface area contributed by atoms with Crippen molar-refractivity contribution in [2.75, 3.05) is 29.9 Å². The van der Waals surface area contributed by atoms with E-state index in [2.05, 4.69) is 18.3 Å². The van der Waals surface area contributed by atoms with Crippen LogP contribution in [0.5, 0.6) is 0 Å². The minimum absolute atomic E-state index is 0. The van der Waals surface area contributed by atoms with E-state index in [1.807, 2.05) is 44.0 Å². The van der Waals surface area contributed by atoms with Crippen LogP contribution in [-0.4, -0.2) is 42.4 Å². The first kappa shape index (κ1) is 21.0. The number of nitrogens with one attached hydrogen (secondary N) is 1. The monoisotopic (exact) mass is 560 g/mol. The number of rotatable bonds is 6. The molecular formula is C16H21N3O2WY-2. The van der Waals surface area contributed by atoms with E-state index in [1.54, 1.807) is 4.90 Å². The van der Waals surface area contributed by atoms with Crippen molar-refractivity contribution in [3.63, 3.8) is 0 Å². The zero-order valence-corrected chi connectivity index (χ0v) is 19.5. The second-order valence-corrected chi connectivity index (χ2v) is 7.65. The minimum Gasteiger partial charge on any atom is 0 e. The van der Waals surface area contributed by atoms with Gasteiger partial charge in [-0.25, -0.2) is 0 Å². The summed E-state index contributed by atoms with van der Waals surface area (Å²) < 4.78 is 6.57. The van der Waals surface area contributed by atoms with Gasteiger partial charge in [0.15, 0.2) is 0 Å². The van der Waals surface area contributed by atoms with Crippen molar-refractivity contribution in [2.24, 2.45) is 0 Å². The number of hydrogen-bond acceptors (Lipinski definition) is 4. The quantitative estimate of drug-likeness (QED) is 0.540. The van der Waals surface area contributed by atoms with Gasteiger partial charge in [-0.1, -0.05) is 6.92 Å². The van der Waals surface area contributed by atoms with Crippen LogP contribution in [0.4, 0.5) is 16.2 Å². The first-order chi connectivity index (χ1) is 10.4. The van der Waals surface area contributed by atoms with E-state index in [0.717, 1.165) is 11.4 Å². The second-order valence-electron chi connectivity index (χ2n) is 5.45. The molecule has 7 heteroatoms. The molecule has 0 bridgehead atoms. The van der Waals surface area contributed by atoms with Gasteiger partial charge in [-0.2, -0.15) is 0 Å². The predicted octanol–water partition coefficient (Wildman–Crippen LogP) is 1.75. The molecule has 1 fully saturated rings. The molecule has 1 radical (unpaired) electrons. The van der Waals surface area contributed by atoms with Gasteiger partial charge in [-0.15, -0.1) is 0 Å². The summed E-state index contributed by atoms with van der Waals surface area (Å²) in [6.45, 7) is 9.24. The van der Waals surface area contributed by atoms with Crippen molar-refractivity contribution in [3.05, 3.63) is 31.2 Å². The van der Waals surface area contributed by atoms with Gasteiger partial charge < -0.3 is 6.92 Å². The number of nitrogens with zero attached hydrogens (tertiary/aromatic N) is 2. The molecule has 23 heavy (non-hydrogen) atoms. The molecule has 0 spiro atoms. The summed E-state index contributed by atoms with van der Waals surface area (Å²) in [5, 5.41) is 3.24. The number of carbonyl (C=O) groups is 1. The fourth-order valence-electron chi connectivity index (χ4n) is 2.13. The minimum atomic E-state index is -0.298. The van der Waals surface area contributed by atoms with Crippen LogP contribution in [0.25, 0.3) is 0 Å². The molecule has 0 aromatic heterocycles. The third-order valence-electron chi connectivity index (χ3n) is 3.59.